The molecule has 2 bridgehead atoms. The maximum absolute atomic E-state index is 6.08. The summed E-state index contributed by atoms with van der Waals surface area (Å²) in [6.45, 7) is 3.54. The van der Waals surface area contributed by atoms with Gasteiger partial charge in [0.2, 0.25) is 0 Å². The average Bonchev–Trinajstić information content (AvgIpc) is 2.83. The molecule has 1 aromatic carbocycles. The lowest BCUT2D eigenvalue weighted by atomic mass is 9.84. The van der Waals surface area contributed by atoms with Crippen LogP contribution in [0.15, 0.2) is 16.7 Å². The third-order valence-electron chi connectivity index (χ3n) is 4.49. The van der Waals surface area contributed by atoms with Crippen molar-refractivity contribution >= 4 is 40.0 Å². The maximum atomic E-state index is 6.08. The van der Waals surface area contributed by atoms with Crippen LogP contribution in [0.4, 0.5) is 5.82 Å². The van der Waals surface area contributed by atoms with E-state index in [0.29, 0.717) is 21.7 Å². The van der Waals surface area contributed by atoms with Gasteiger partial charge in [-0.25, -0.2) is 0 Å². The number of rotatable bonds is 2. The number of piperidine rings is 3. The van der Waals surface area contributed by atoms with Crippen molar-refractivity contribution in [3.8, 4) is 0 Å². The molecule has 0 radical (unpaired) electrons. The summed E-state index contributed by atoms with van der Waals surface area (Å²) < 4.78 is 5.34. The Kier molecular flexibility index (Phi) is 3.05. The molecule has 2 aromatic rings. The minimum atomic E-state index is 0.445. The van der Waals surface area contributed by atoms with Crippen molar-refractivity contribution < 1.29 is 4.52 Å². The number of hydrogen-bond donors (Lipinski definition) is 1. The third kappa shape index (κ3) is 2.07. The first kappa shape index (κ1) is 12.7. The largest absolute Gasteiger partial charge is 0.362 e. The molecule has 0 saturated carbocycles. The van der Waals surface area contributed by atoms with Gasteiger partial charge in [0.05, 0.1) is 15.4 Å². The number of aromatic nitrogens is 1. The van der Waals surface area contributed by atoms with Gasteiger partial charge in [-0.2, -0.15) is 0 Å². The second-order valence-electron chi connectivity index (χ2n) is 5.68. The van der Waals surface area contributed by atoms with E-state index < -0.39 is 0 Å². The minimum Gasteiger partial charge on any atom is -0.362 e. The summed E-state index contributed by atoms with van der Waals surface area (Å²) in [5, 5.41) is 9.58. The van der Waals surface area contributed by atoms with Gasteiger partial charge < -0.3 is 14.7 Å². The molecule has 1 aromatic heterocycles. The summed E-state index contributed by atoms with van der Waals surface area (Å²) in [5.41, 5.74) is 0.670. The van der Waals surface area contributed by atoms with Gasteiger partial charge in [0.25, 0.3) is 0 Å². The molecule has 3 saturated heterocycles. The molecule has 0 amide bonds. The first-order valence-electron chi connectivity index (χ1n) is 6.94. The molecule has 1 atom stereocenters. The normalized spacial score (nSPS) is 29.0. The summed E-state index contributed by atoms with van der Waals surface area (Å²) in [5.74, 6) is 1.51. The van der Waals surface area contributed by atoms with Gasteiger partial charge in [0.1, 0.15) is 0 Å². The van der Waals surface area contributed by atoms with Gasteiger partial charge in [0.15, 0.2) is 11.4 Å². The molecule has 0 unspecified atom stereocenters. The van der Waals surface area contributed by atoms with Crippen LogP contribution in [0.1, 0.15) is 12.8 Å². The first-order valence-corrected chi connectivity index (χ1v) is 7.69. The average molecular weight is 312 g/mol. The highest BCUT2D eigenvalue weighted by Gasteiger charge is 2.34. The monoisotopic (exact) mass is 311 g/mol. The number of halogens is 2. The van der Waals surface area contributed by atoms with E-state index in [9.17, 15) is 0 Å². The highest BCUT2D eigenvalue weighted by molar-refractivity contribution is 6.42. The van der Waals surface area contributed by atoms with E-state index in [1.165, 1.54) is 25.9 Å². The second kappa shape index (κ2) is 4.79. The zero-order valence-corrected chi connectivity index (χ0v) is 12.4. The minimum absolute atomic E-state index is 0.445. The van der Waals surface area contributed by atoms with Crippen LogP contribution < -0.4 is 5.32 Å². The Morgan fingerprint density at radius 1 is 1.20 bits per heavy atom. The fraction of sp³-hybridized carbons (Fsp3) is 0.500. The second-order valence-corrected chi connectivity index (χ2v) is 6.50. The van der Waals surface area contributed by atoms with Crippen LogP contribution in [-0.4, -0.2) is 35.7 Å². The topological polar surface area (TPSA) is 41.3 Å². The van der Waals surface area contributed by atoms with Gasteiger partial charge >= 0.3 is 0 Å². The summed E-state index contributed by atoms with van der Waals surface area (Å²) in [6, 6.07) is 3.98. The van der Waals surface area contributed by atoms with Crippen molar-refractivity contribution in [1.82, 2.24) is 10.1 Å². The fourth-order valence-electron chi connectivity index (χ4n) is 3.34. The Hall–Kier alpha value is -0.970. The van der Waals surface area contributed by atoms with Gasteiger partial charge in [-0.15, -0.1) is 0 Å². The highest BCUT2D eigenvalue weighted by atomic mass is 35.5. The lowest BCUT2D eigenvalue weighted by molar-refractivity contribution is 0.0973. The van der Waals surface area contributed by atoms with E-state index in [1.807, 2.05) is 6.07 Å². The molecule has 5 rings (SSSR count). The lowest BCUT2D eigenvalue weighted by Crippen LogP contribution is -2.53. The standard InChI is InChI=1S/C14H15Cl2N3O/c15-10-5-9-13(6-11(10)16)20-18-14(9)17-12-7-19-3-1-8(12)2-4-19/h5-6,8,12H,1-4,7H2,(H,17,18)/t12-/m0/s1. The van der Waals surface area contributed by atoms with E-state index in [0.717, 1.165) is 23.7 Å². The van der Waals surface area contributed by atoms with Crippen molar-refractivity contribution in [2.45, 2.75) is 18.9 Å². The highest BCUT2D eigenvalue weighted by Crippen LogP contribution is 2.34. The molecule has 6 heteroatoms. The molecular formula is C14H15Cl2N3O. The first-order chi connectivity index (χ1) is 9.70. The van der Waals surface area contributed by atoms with Crippen LogP contribution in [0.3, 0.4) is 0 Å². The summed E-state index contributed by atoms with van der Waals surface area (Å²) in [6.07, 6.45) is 2.53. The number of anilines is 1. The molecule has 1 N–H and O–H groups in total. The van der Waals surface area contributed by atoms with Crippen LogP contribution in [-0.2, 0) is 0 Å². The third-order valence-corrected chi connectivity index (χ3v) is 5.21. The summed E-state index contributed by atoms with van der Waals surface area (Å²) in [7, 11) is 0. The van der Waals surface area contributed by atoms with E-state index in [4.69, 9.17) is 27.7 Å². The van der Waals surface area contributed by atoms with Crippen molar-refractivity contribution in [3.63, 3.8) is 0 Å². The molecule has 3 fully saturated rings. The zero-order valence-electron chi connectivity index (χ0n) is 10.9. The Bertz CT molecular complexity index is 649. The van der Waals surface area contributed by atoms with E-state index in [-0.39, 0.29) is 0 Å². The zero-order chi connectivity index (χ0) is 13.7. The Labute approximate surface area is 127 Å². The summed E-state index contributed by atoms with van der Waals surface area (Å²) >= 11 is 12.1. The Morgan fingerprint density at radius 3 is 2.65 bits per heavy atom. The van der Waals surface area contributed by atoms with Crippen LogP contribution in [0, 0.1) is 5.92 Å². The number of hydrogen-bond acceptors (Lipinski definition) is 4. The fourth-order valence-corrected chi connectivity index (χ4v) is 3.66. The van der Waals surface area contributed by atoms with Gasteiger partial charge in [-0.1, -0.05) is 28.4 Å². The smallest absolute Gasteiger partial charge is 0.177 e. The van der Waals surface area contributed by atoms with Crippen LogP contribution in [0.25, 0.3) is 11.0 Å². The molecule has 0 aliphatic carbocycles. The van der Waals surface area contributed by atoms with Gasteiger partial charge in [-0.05, 0) is 37.9 Å². The van der Waals surface area contributed by atoms with Gasteiger partial charge in [0, 0.05) is 18.7 Å². The van der Waals surface area contributed by atoms with Crippen LogP contribution in [0.2, 0.25) is 10.0 Å². The predicted molar refractivity (Wildman–Crippen MR) is 80.6 cm³/mol. The number of nitrogens with zero attached hydrogens (tertiary/aromatic N) is 2. The maximum Gasteiger partial charge on any atom is 0.177 e. The molecule has 0 spiro atoms. The van der Waals surface area contributed by atoms with E-state index in [1.54, 1.807) is 6.07 Å². The van der Waals surface area contributed by atoms with Crippen molar-refractivity contribution in [2.24, 2.45) is 5.92 Å². The SMILES string of the molecule is Clc1cc2onc(N[C@H]3CN4CCC3CC4)c2cc1Cl. The number of fused-ring (bicyclic) bond motifs is 4. The predicted octanol–water partition coefficient (Wildman–Crippen LogP) is 3.64. The molecule has 4 heterocycles. The summed E-state index contributed by atoms with van der Waals surface area (Å²) in [4.78, 5) is 2.50. The van der Waals surface area contributed by atoms with Crippen molar-refractivity contribution in [1.29, 1.82) is 0 Å². The van der Waals surface area contributed by atoms with Gasteiger partial charge in [-0.3, -0.25) is 0 Å². The Morgan fingerprint density at radius 2 is 1.95 bits per heavy atom. The molecule has 20 heavy (non-hydrogen) atoms. The molecule has 3 aliphatic rings. The lowest BCUT2D eigenvalue weighted by Gasteiger charge is -2.44. The molecule has 106 valence electrons. The number of benzene rings is 1. The van der Waals surface area contributed by atoms with Crippen molar-refractivity contribution in [3.05, 3.63) is 22.2 Å². The molecule has 4 nitrogen and oxygen atoms in total. The quantitative estimate of drug-likeness (QED) is 0.919. The molecular weight excluding hydrogens is 297 g/mol. The van der Waals surface area contributed by atoms with E-state index in [2.05, 4.69) is 15.4 Å². The van der Waals surface area contributed by atoms with Crippen LogP contribution in [0.5, 0.6) is 0 Å². The van der Waals surface area contributed by atoms with E-state index >= 15 is 0 Å². The molecule has 3 aliphatic heterocycles. The van der Waals surface area contributed by atoms with Crippen molar-refractivity contribution in [2.75, 3.05) is 25.0 Å². The van der Waals surface area contributed by atoms with Crippen LogP contribution >= 0.6 is 23.2 Å². The Balaban J connectivity index is 1.64. The number of nitrogens with one attached hydrogen (secondary N) is 1.